The highest BCUT2D eigenvalue weighted by atomic mass is 16.7. The van der Waals surface area contributed by atoms with Crippen LogP contribution in [0.5, 0.6) is 28.7 Å². The molecule has 0 bridgehead atoms. The molecule has 148 valence electrons. The topological polar surface area (TPSA) is 71.9 Å². The first-order chi connectivity index (χ1) is 14.8. The van der Waals surface area contributed by atoms with Gasteiger partial charge in [-0.05, 0) is 48.5 Å². The van der Waals surface area contributed by atoms with Crippen LogP contribution in [0, 0.1) is 0 Å². The summed E-state index contributed by atoms with van der Waals surface area (Å²) in [5.74, 6) is 3.56. The molecule has 7 heteroatoms. The summed E-state index contributed by atoms with van der Waals surface area (Å²) in [5.41, 5.74) is 4.75. The van der Waals surface area contributed by atoms with Crippen molar-refractivity contribution in [3.63, 3.8) is 0 Å². The van der Waals surface area contributed by atoms with E-state index in [0.717, 1.165) is 50.8 Å². The van der Waals surface area contributed by atoms with Gasteiger partial charge in [-0.2, -0.15) is 0 Å². The number of hydrogen-bond acceptors (Lipinski definition) is 7. The summed E-state index contributed by atoms with van der Waals surface area (Å²) < 4.78 is 27.4. The van der Waals surface area contributed by atoms with Crippen molar-refractivity contribution in [2.45, 2.75) is 0 Å². The van der Waals surface area contributed by atoms with Gasteiger partial charge in [-0.15, -0.1) is 0 Å². The fourth-order valence-electron chi connectivity index (χ4n) is 3.65. The van der Waals surface area contributed by atoms with Crippen LogP contribution >= 0.6 is 0 Å². The summed E-state index contributed by atoms with van der Waals surface area (Å²) in [6, 6.07) is 17.2. The van der Waals surface area contributed by atoms with Crippen molar-refractivity contribution in [1.82, 2.24) is 9.97 Å². The summed E-state index contributed by atoms with van der Waals surface area (Å²) in [4.78, 5) is 9.87. The van der Waals surface area contributed by atoms with Gasteiger partial charge in [0.2, 0.25) is 13.6 Å². The van der Waals surface area contributed by atoms with E-state index in [2.05, 4.69) is 0 Å². The smallest absolute Gasteiger partial charge is 0.231 e. The summed E-state index contributed by atoms with van der Waals surface area (Å²) in [5, 5.41) is 0. The highest BCUT2D eigenvalue weighted by molar-refractivity contribution is 5.87. The predicted octanol–water partition coefficient (Wildman–Crippen LogP) is 4.43. The molecule has 0 saturated heterocycles. The Hall–Kier alpha value is -4.00. The molecular formula is C23H16N2O5. The molecule has 6 rings (SSSR count). The lowest BCUT2D eigenvalue weighted by Crippen LogP contribution is -1.96. The number of ether oxygens (including phenoxy) is 5. The average molecular weight is 400 g/mol. The molecule has 0 aliphatic carbocycles. The third-order valence-corrected chi connectivity index (χ3v) is 5.16. The van der Waals surface area contributed by atoms with Gasteiger partial charge in [0.15, 0.2) is 23.0 Å². The SMILES string of the molecule is COc1ccc2nc(-c3ccc4c(c3)OCO4)c(-c3ccc4c(c3)OCO4)nc2c1. The van der Waals surface area contributed by atoms with Crippen LogP contribution in [-0.4, -0.2) is 30.7 Å². The second kappa shape index (κ2) is 6.52. The summed E-state index contributed by atoms with van der Waals surface area (Å²) in [6.07, 6.45) is 0. The minimum atomic E-state index is 0.217. The lowest BCUT2D eigenvalue weighted by atomic mass is 10.0. The van der Waals surface area contributed by atoms with Gasteiger partial charge in [0.05, 0.1) is 29.5 Å². The van der Waals surface area contributed by atoms with E-state index in [1.54, 1.807) is 7.11 Å². The van der Waals surface area contributed by atoms with Crippen molar-refractivity contribution in [1.29, 1.82) is 0 Å². The van der Waals surface area contributed by atoms with Crippen molar-refractivity contribution in [2.24, 2.45) is 0 Å². The largest absolute Gasteiger partial charge is 0.497 e. The zero-order chi connectivity index (χ0) is 20.1. The molecule has 7 nitrogen and oxygen atoms in total. The molecule has 0 N–H and O–H groups in total. The summed E-state index contributed by atoms with van der Waals surface area (Å²) in [7, 11) is 1.63. The highest BCUT2D eigenvalue weighted by Crippen LogP contribution is 2.41. The number of methoxy groups -OCH3 is 1. The lowest BCUT2D eigenvalue weighted by molar-refractivity contribution is 0.173. The maximum absolute atomic E-state index is 5.56. The van der Waals surface area contributed by atoms with Crippen LogP contribution in [0.25, 0.3) is 33.5 Å². The molecular weight excluding hydrogens is 384 g/mol. The molecule has 3 aromatic carbocycles. The maximum Gasteiger partial charge on any atom is 0.231 e. The Labute approximate surface area is 171 Å². The van der Waals surface area contributed by atoms with E-state index in [-0.39, 0.29) is 13.6 Å². The van der Waals surface area contributed by atoms with Crippen LogP contribution in [0.1, 0.15) is 0 Å². The number of aromatic nitrogens is 2. The molecule has 0 radical (unpaired) electrons. The molecule has 0 spiro atoms. The maximum atomic E-state index is 5.56. The third kappa shape index (κ3) is 2.67. The van der Waals surface area contributed by atoms with Crippen LogP contribution in [0.3, 0.4) is 0 Å². The summed E-state index contributed by atoms with van der Waals surface area (Å²) >= 11 is 0. The Morgan fingerprint density at radius 2 is 1.20 bits per heavy atom. The van der Waals surface area contributed by atoms with E-state index in [1.165, 1.54) is 0 Å². The van der Waals surface area contributed by atoms with E-state index in [4.69, 9.17) is 33.7 Å². The van der Waals surface area contributed by atoms with Crippen LogP contribution in [0.4, 0.5) is 0 Å². The quantitative estimate of drug-likeness (QED) is 0.504. The van der Waals surface area contributed by atoms with Gasteiger partial charge in [-0.3, -0.25) is 0 Å². The molecule has 0 fully saturated rings. The fourth-order valence-corrected chi connectivity index (χ4v) is 3.65. The Bertz CT molecular complexity index is 1300. The van der Waals surface area contributed by atoms with E-state index in [1.807, 2.05) is 54.6 Å². The number of hydrogen-bond donors (Lipinski definition) is 0. The van der Waals surface area contributed by atoms with Crippen molar-refractivity contribution in [3.8, 4) is 51.3 Å². The minimum Gasteiger partial charge on any atom is -0.497 e. The average Bonchev–Trinajstić information content (AvgIpc) is 3.45. The third-order valence-electron chi connectivity index (χ3n) is 5.16. The van der Waals surface area contributed by atoms with Gasteiger partial charge in [0.1, 0.15) is 5.75 Å². The van der Waals surface area contributed by atoms with Crippen LogP contribution in [0.15, 0.2) is 54.6 Å². The standard InChI is InChI=1S/C23H16N2O5/c1-26-15-4-5-16-17(10-15)25-23(14-3-7-19-21(9-14)30-12-28-19)22(24-16)13-2-6-18-20(8-13)29-11-27-18/h2-10H,11-12H2,1H3. The van der Waals surface area contributed by atoms with E-state index in [0.29, 0.717) is 11.5 Å². The molecule has 2 aliphatic rings. The van der Waals surface area contributed by atoms with Gasteiger partial charge in [-0.1, -0.05) is 0 Å². The number of rotatable bonds is 3. The first-order valence-corrected chi connectivity index (χ1v) is 9.44. The van der Waals surface area contributed by atoms with E-state index >= 15 is 0 Å². The molecule has 0 saturated carbocycles. The predicted molar refractivity (Wildman–Crippen MR) is 109 cm³/mol. The first-order valence-electron chi connectivity index (χ1n) is 9.44. The zero-order valence-corrected chi connectivity index (χ0v) is 16.0. The fraction of sp³-hybridized carbons (Fsp3) is 0.130. The molecule has 2 aliphatic heterocycles. The Morgan fingerprint density at radius 1 is 0.633 bits per heavy atom. The minimum absolute atomic E-state index is 0.217. The van der Waals surface area contributed by atoms with Crippen molar-refractivity contribution in [3.05, 3.63) is 54.6 Å². The first kappa shape index (κ1) is 16.9. The van der Waals surface area contributed by atoms with Gasteiger partial charge in [0, 0.05) is 17.2 Å². The second-order valence-electron chi connectivity index (χ2n) is 6.91. The molecule has 0 amide bonds. The van der Waals surface area contributed by atoms with Gasteiger partial charge >= 0.3 is 0 Å². The molecule has 3 heterocycles. The number of benzene rings is 3. The van der Waals surface area contributed by atoms with E-state index < -0.39 is 0 Å². The normalized spacial score (nSPS) is 13.6. The van der Waals surface area contributed by atoms with Crippen LogP contribution < -0.4 is 23.7 Å². The Morgan fingerprint density at radius 3 is 1.80 bits per heavy atom. The molecule has 0 unspecified atom stereocenters. The molecule has 0 atom stereocenters. The molecule has 30 heavy (non-hydrogen) atoms. The number of fused-ring (bicyclic) bond motifs is 3. The van der Waals surface area contributed by atoms with Crippen molar-refractivity contribution in [2.75, 3.05) is 20.7 Å². The molecule has 1 aromatic heterocycles. The number of nitrogens with zero attached hydrogens (tertiary/aromatic N) is 2. The van der Waals surface area contributed by atoms with Gasteiger partial charge in [-0.25, -0.2) is 9.97 Å². The van der Waals surface area contributed by atoms with E-state index in [9.17, 15) is 0 Å². The molecule has 4 aromatic rings. The second-order valence-corrected chi connectivity index (χ2v) is 6.91. The van der Waals surface area contributed by atoms with Gasteiger partial charge < -0.3 is 23.7 Å². The van der Waals surface area contributed by atoms with Crippen LogP contribution in [0.2, 0.25) is 0 Å². The van der Waals surface area contributed by atoms with Crippen molar-refractivity contribution < 1.29 is 23.7 Å². The highest BCUT2D eigenvalue weighted by Gasteiger charge is 2.21. The Kier molecular flexibility index (Phi) is 3.67. The van der Waals surface area contributed by atoms with Crippen LogP contribution in [-0.2, 0) is 0 Å². The van der Waals surface area contributed by atoms with Crippen molar-refractivity contribution >= 4 is 11.0 Å². The van der Waals surface area contributed by atoms with Gasteiger partial charge in [0.25, 0.3) is 0 Å². The monoisotopic (exact) mass is 400 g/mol. The Balaban J connectivity index is 1.59. The lowest BCUT2D eigenvalue weighted by Gasteiger charge is -2.12. The zero-order valence-electron chi connectivity index (χ0n) is 16.0. The summed E-state index contributed by atoms with van der Waals surface area (Å²) in [6.45, 7) is 0.436.